The molecule has 3 rings (SSSR count). The summed E-state index contributed by atoms with van der Waals surface area (Å²) in [6.07, 6.45) is -0.253. The quantitative estimate of drug-likeness (QED) is 0.107. The lowest BCUT2D eigenvalue weighted by Gasteiger charge is -2.46. The number of aliphatic hydroxyl groups is 4. The van der Waals surface area contributed by atoms with Crippen LogP contribution in [0.3, 0.4) is 0 Å². The zero-order valence-corrected chi connectivity index (χ0v) is 31.6. The van der Waals surface area contributed by atoms with Crippen LogP contribution >= 0.6 is 0 Å². The molecule has 13 nitrogen and oxygen atoms in total. The van der Waals surface area contributed by atoms with Crippen LogP contribution in [0.2, 0.25) is 0 Å². The Morgan fingerprint density at radius 2 is 1.75 bits per heavy atom. The number of benzene rings is 1. The predicted octanol–water partition coefficient (Wildman–Crippen LogP) is 3.28. The molecule has 1 unspecified atom stereocenters. The molecule has 0 aliphatic carbocycles. The number of cyclic esters (lactones) is 1. The van der Waals surface area contributed by atoms with Crippen LogP contribution in [0.15, 0.2) is 59.3 Å². The van der Waals surface area contributed by atoms with Gasteiger partial charge in [-0.2, -0.15) is 0 Å². The number of aldehydes is 1. The van der Waals surface area contributed by atoms with Gasteiger partial charge in [-0.3, -0.25) is 4.79 Å². The molecule has 0 radical (unpaired) electrons. The highest BCUT2D eigenvalue weighted by atomic mass is 16.7. The molecule has 12 atom stereocenters. The number of aliphatic hydroxyl groups excluding tert-OH is 4. The molecule has 1 aromatic carbocycles. The number of hydrogen-bond donors (Lipinski definition) is 4. The van der Waals surface area contributed by atoms with Crippen LogP contribution in [0, 0.1) is 23.7 Å². The summed E-state index contributed by atoms with van der Waals surface area (Å²) in [5, 5.41) is 48.4. The summed E-state index contributed by atoms with van der Waals surface area (Å²) in [5.74, 6) is -2.01. The molecule has 0 amide bonds. The molecule has 292 valence electrons. The van der Waals surface area contributed by atoms with Crippen LogP contribution < -0.4 is 4.74 Å². The van der Waals surface area contributed by atoms with E-state index >= 15 is 0 Å². The van der Waals surface area contributed by atoms with Crippen molar-refractivity contribution in [3.63, 3.8) is 0 Å². The number of likely N-dealkylation sites (N-methyl/N-ethyl adjacent to an activating group) is 1. The number of para-hydroxylation sites is 1. The Kier molecular flexibility index (Phi) is 17.9. The van der Waals surface area contributed by atoms with Gasteiger partial charge in [0.25, 0.3) is 0 Å². The lowest BCUT2D eigenvalue weighted by atomic mass is 9.79. The minimum Gasteiger partial charge on any atom is -0.490 e. The minimum atomic E-state index is -1.27. The number of allylic oxidation sites excluding steroid dienone is 3. The van der Waals surface area contributed by atoms with Crippen molar-refractivity contribution in [2.75, 3.05) is 33.9 Å². The normalized spacial score (nSPS) is 36.4. The van der Waals surface area contributed by atoms with Gasteiger partial charge in [0.15, 0.2) is 12.9 Å². The summed E-state index contributed by atoms with van der Waals surface area (Å²) >= 11 is 0. The van der Waals surface area contributed by atoms with E-state index in [4.69, 9.17) is 23.8 Å². The third-order valence-corrected chi connectivity index (χ3v) is 9.95. The Hall–Kier alpha value is -3.17. The van der Waals surface area contributed by atoms with Crippen LogP contribution in [0.25, 0.3) is 0 Å². The minimum absolute atomic E-state index is 0.0341. The van der Waals surface area contributed by atoms with Crippen molar-refractivity contribution in [2.45, 2.75) is 109 Å². The first-order valence-corrected chi connectivity index (χ1v) is 18.3. The van der Waals surface area contributed by atoms with Gasteiger partial charge in [-0.1, -0.05) is 61.9 Å². The summed E-state index contributed by atoms with van der Waals surface area (Å²) in [7, 11) is 3.47. The second-order valence-electron chi connectivity index (χ2n) is 14.2. The van der Waals surface area contributed by atoms with Crippen molar-refractivity contribution in [3.8, 4) is 5.75 Å². The second kappa shape index (κ2) is 21.5. The Labute approximate surface area is 308 Å². The molecule has 4 N–H and O–H groups in total. The maximum atomic E-state index is 13.2. The van der Waals surface area contributed by atoms with Crippen LogP contribution in [0.4, 0.5) is 0 Å². The Bertz CT molecular complexity index is 1320. The van der Waals surface area contributed by atoms with Gasteiger partial charge in [0, 0.05) is 24.2 Å². The van der Waals surface area contributed by atoms with Gasteiger partial charge in [-0.25, -0.2) is 0 Å². The van der Waals surface area contributed by atoms with Crippen molar-refractivity contribution in [1.82, 2.24) is 4.90 Å². The van der Waals surface area contributed by atoms with Crippen LogP contribution in [-0.4, -0.2) is 126 Å². The van der Waals surface area contributed by atoms with Gasteiger partial charge in [-0.15, -0.1) is 0 Å². The van der Waals surface area contributed by atoms with Gasteiger partial charge < -0.3 is 53.9 Å². The smallest absolute Gasteiger partial charge is 0.308 e. The Morgan fingerprint density at radius 3 is 2.38 bits per heavy atom. The van der Waals surface area contributed by atoms with E-state index < -0.39 is 72.7 Å². The molecule has 13 heteroatoms. The number of nitrogens with zero attached hydrogens (tertiary/aromatic N) is 2. The van der Waals surface area contributed by atoms with Gasteiger partial charge >= 0.3 is 5.97 Å². The number of oxime groups is 1. The average molecular weight is 733 g/mol. The Balaban J connectivity index is 2.02. The van der Waals surface area contributed by atoms with Crippen LogP contribution in [0.1, 0.15) is 60.3 Å². The maximum Gasteiger partial charge on any atom is 0.308 e. The average Bonchev–Trinajstić information content (AvgIpc) is 3.11. The van der Waals surface area contributed by atoms with E-state index in [1.165, 1.54) is 0 Å². The standard InChI is InChI=1S/C39H60N2O11/c1-8-33-29(23-43)20-24(2)14-15-31(40-49-19-18-48-30-12-10-9-11-13-30)25(3)21-28(16-17-42)38(26(4)32(44)22-34(45)51-33)52-39-37(47)35(41(6)7)36(46)27(5)50-39/h9-15,17,20,25-29,32-33,35-39,43-44,46-47H,8,16,18-19,21-23H2,1-7H3/b15-14+,24-20+,40-31-/t25-,26+,27-,28+,29?,32-,33-,35+,36-,37-,38-,39+/m1/s1. The molecule has 0 spiro atoms. The summed E-state index contributed by atoms with van der Waals surface area (Å²) in [6.45, 7) is 9.24. The van der Waals surface area contributed by atoms with E-state index in [1.54, 1.807) is 32.8 Å². The first kappa shape index (κ1) is 43.2. The predicted molar refractivity (Wildman–Crippen MR) is 195 cm³/mol. The van der Waals surface area contributed by atoms with Crippen molar-refractivity contribution in [3.05, 3.63) is 54.1 Å². The monoisotopic (exact) mass is 732 g/mol. The highest BCUT2D eigenvalue weighted by molar-refractivity contribution is 5.96. The molecule has 1 saturated heterocycles. The molecule has 0 saturated carbocycles. The van der Waals surface area contributed by atoms with Crippen molar-refractivity contribution < 1.29 is 53.8 Å². The summed E-state index contributed by atoms with van der Waals surface area (Å²) < 4.78 is 24.0. The molecule has 2 aliphatic heterocycles. The third kappa shape index (κ3) is 12.5. The number of ether oxygens (including phenoxy) is 4. The third-order valence-electron chi connectivity index (χ3n) is 9.95. The first-order chi connectivity index (χ1) is 24.8. The van der Waals surface area contributed by atoms with Crippen molar-refractivity contribution in [2.24, 2.45) is 28.8 Å². The fourth-order valence-electron chi connectivity index (χ4n) is 6.89. The van der Waals surface area contributed by atoms with E-state index in [0.717, 1.165) is 11.9 Å². The van der Waals surface area contributed by atoms with Gasteiger partial charge in [-0.05, 0) is 64.9 Å². The maximum absolute atomic E-state index is 13.2. The van der Waals surface area contributed by atoms with E-state index in [-0.39, 0.29) is 38.6 Å². The highest BCUT2D eigenvalue weighted by Gasteiger charge is 2.47. The summed E-state index contributed by atoms with van der Waals surface area (Å²) in [5.41, 5.74) is 1.36. The molecule has 0 bridgehead atoms. The highest BCUT2D eigenvalue weighted by Crippen LogP contribution is 2.34. The largest absolute Gasteiger partial charge is 0.490 e. The van der Waals surface area contributed by atoms with E-state index in [2.05, 4.69) is 5.16 Å². The first-order valence-electron chi connectivity index (χ1n) is 18.3. The number of carbonyl (C=O) groups excluding carboxylic acids is 2. The topological polar surface area (TPSA) is 177 Å². The van der Waals surface area contributed by atoms with Crippen LogP contribution in [-0.2, 0) is 28.6 Å². The fourth-order valence-corrected chi connectivity index (χ4v) is 6.89. The van der Waals surface area contributed by atoms with E-state index in [0.29, 0.717) is 24.3 Å². The molecule has 1 aromatic rings. The second-order valence-corrected chi connectivity index (χ2v) is 14.2. The SMILES string of the molecule is CC[C@H]1OC(=O)C[C@@H](O)[C@H](C)[C@@H](O[C@@H]2O[C@H](C)[C@@H](O)[C@H](N(C)C)[C@H]2O)[C@@H](CC=O)C[C@@H](C)C(=N\OCCOc2ccccc2)/C=C/C(C)=C/C1CO. The van der Waals surface area contributed by atoms with Gasteiger partial charge in [0.05, 0.1) is 49.2 Å². The molecular weight excluding hydrogens is 672 g/mol. The molecule has 52 heavy (non-hydrogen) atoms. The Morgan fingerprint density at radius 1 is 1.04 bits per heavy atom. The fraction of sp³-hybridized carbons (Fsp3) is 0.667. The molecule has 2 heterocycles. The molecule has 1 fully saturated rings. The lowest BCUT2D eigenvalue weighted by molar-refractivity contribution is -0.304. The number of esters is 1. The summed E-state index contributed by atoms with van der Waals surface area (Å²) in [4.78, 5) is 32.8. The van der Waals surface area contributed by atoms with Crippen molar-refractivity contribution >= 4 is 18.0 Å². The summed E-state index contributed by atoms with van der Waals surface area (Å²) in [6, 6.07) is 8.64. The van der Waals surface area contributed by atoms with Crippen molar-refractivity contribution in [1.29, 1.82) is 0 Å². The zero-order valence-electron chi connectivity index (χ0n) is 31.6. The molecule has 0 aromatic heterocycles. The number of carbonyl (C=O) groups is 2. The number of rotatable bonds is 12. The van der Waals surface area contributed by atoms with E-state index in [1.807, 2.05) is 69.3 Å². The van der Waals surface area contributed by atoms with Gasteiger partial charge in [0.2, 0.25) is 0 Å². The molecular formula is C39H60N2O11. The zero-order chi connectivity index (χ0) is 38.4. The lowest BCUT2D eigenvalue weighted by Crippen LogP contribution is -2.63. The van der Waals surface area contributed by atoms with Gasteiger partial charge in [0.1, 0.15) is 30.9 Å². The van der Waals surface area contributed by atoms with E-state index in [9.17, 15) is 30.0 Å². The molecule has 2 aliphatic rings. The number of hydrogen-bond acceptors (Lipinski definition) is 13. The van der Waals surface area contributed by atoms with Crippen LogP contribution in [0.5, 0.6) is 5.75 Å².